The summed E-state index contributed by atoms with van der Waals surface area (Å²) in [5, 5.41) is 1.62. The molecule has 134 valence electrons. The molecule has 0 unspecified atom stereocenters. The van der Waals surface area contributed by atoms with Gasteiger partial charge in [0.1, 0.15) is 5.75 Å². The Hall–Kier alpha value is -2.59. The summed E-state index contributed by atoms with van der Waals surface area (Å²) in [6.07, 6.45) is 0.324. The molecule has 1 aromatic heterocycles. The molecule has 3 rings (SSSR count). The monoisotopic (exact) mass is 368 g/mol. The van der Waals surface area contributed by atoms with E-state index in [2.05, 4.69) is 6.92 Å². The minimum absolute atomic E-state index is 0.0514. The third-order valence-corrected chi connectivity index (χ3v) is 4.73. The smallest absolute Gasteiger partial charge is 0.226 e. The zero-order chi connectivity index (χ0) is 18.8. The van der Waals surface area contributed by atoms with Crippen LogP contribution < -0.4 is 4.74 Å². The minimum atomic E-state index is 0.0514. The Morgan fingerprint density at radius 2 is 1.96 bits per heavy atom. The normalized spacial score (nSPS) is 10.8. The lowest BCUT2D eigenvalue weighted by molar-refractivity contribution is -0.127. The molecule has 0 N–H and O–H groups in total. The van der Waals surface area contributed by atoms with E-state index in [0.29, 0.717) is 17.2 Å². The molecule has 0 radical (unpaired) electrons. The molecular weight excluding hydrogens is 348 g/mol. The van der Waals surface area contributed by atoms with Crippen LogP contribution in [0.25, 0.3) is 22.2 Å². The second-order valence-corrected chi connectivity index (χ2v) is 6.86. The van der Waals surface area contributed by atoms with Crippen molar-refractivity contribution in [3.05, 3.63) is 58.6 Å². The van der Waals surface area contributed by atoms with Crippen LogP contribution >= 0.6 is 11.6 Å². The summed E-state index contributed by atoms with van der Waals surface area (Å²) >= 11 is 6.13. The number of fused-ring (bicyclic) bond motifs is 1. The quantitative estimate of drug-likeness (QED) is 0.680. The van der Waals surface area contributed by atoms with Crippen molar-refractivity contribution < 1.29 is 9.53 Å². The van der Waals surface area contributed by atoms with Crippen LogP contribution in [0.4, 0.5) is 0 Å². The molecule has 0 aliphatic heterocycles. The maximum Gasteiger partial charge on any atom is 0.226 e. The highest BCUT2D eigenvalue weighted by Gasteiger charge is 2.13. The number of carbonyl (C=O) groups is 1. The molecule has 0 spiro atoms. The van der Waals surface area contributed by atoms with Gasteiger partial charge in [0, 0.05) is 25.0 Å². The first-order valence-electron chi connectivity index (χ1n) is 8.34. The summed E-state index contributed by atoms with van der Waals surface area (Å²) in [6, 6.07) is 13.6. The topological polar surface area (TPSA) is 42.4 Å². The molecule has 1 amide bonds. The average Bonchev–Trinajstić information content (AvgIpc) is 2.62. The Morgan fingerprint density at radius 1 is 1.19 bits per heavy atom. The Kier molecular flexibility index (Phi) is 5.14. The van der Waals surface area contributed by atoms with Crippen molar-refractivity contribution >= 4 is 28.4 Å². The van der Waals surface area contributed by atoms with Crippen LogP contribution in [0, 0.1) is 6.92 Å². The SMILES string of the molecule is COc1cc(-c2cc(C)c3cccc(CC(=O)N(C)C)c3n2)ccc1Cl. The van der Waals surface area contributed by atoms with Gasteiger partial charge in [-0.2, -0.15) is 0 Å². The van der Waals surface area contributed by atoms with Crippen molar-refractivity contribution in [2.75, 3.05) is 21.2 Å². The third-order valence-electron chi connectivity index (χ3n) is 4.42. The first kappa shape index (κ1) is 18.2. The molecular formula is C21H21ClN2O2. The number of para-hydroxylation sites is 1. The van der Waals surface area contributed by atoms with Crippen LogP contribution in [-0.2, 0) is 11.2 Å². The van der Waals surface area contributed by atoms with Gasteiger partial charge in [0.25, 0.3) is 0 Å². The number of nitrogens with zero attached hydrogens (tertiary/aromatic N) is 2. The van der Waals surface area contributed by atoms with E-state index < -0.39 is 0 Å². The van der Waals surface area contributed by atoms with Gasteiger partial charge in [-0.15, -0.1) is 0 Å². The average molecular weight is 369 g/mol. The standard InChI is InChI=1S/C21H21ClN2O2/c1-13-10-18(14-8-9-17(22)19(11-14)26-4)23-21-15(6-5-7-16(13)21)12-20(25)24(2)3/h5-11H,12H2,1-4H3. The molecule has 0 saturated heterocycles. The van der Waals surface area contributed by atoms with Crippen LogP contribution in [-0.4, -0.2) is 37.0 Å². The number of hydrogen-bond acceptors (Lipinski definition) is 3. The number of carbonyl (C=O) groups excluding carboxylic acids is 1. The number of amides is 1. The highest BCUT2D eigenvalue weighted by molar-refractivity contribution is 6.32. The number of aryl methyl sites for hydroxylation is 1. The molecule has 0 bridgehead atoms. The number of hydrogen-bond donors (Lipinski definition) is 0. The molecule has 5 heteroatoms. The maximum absolute atomic E-state index is 12.2. The number of methoxy groups -OCH3 is 1. The lowest BCUT2D eigenvalue weighted by Gasteiger charge is -2.14. The zero-order valence-corrected chi connectivity index (χ0v) is 16.1. The van der Waals surface area contributed by atoms with Gasteiger partial charge < -0.3 is 9.64 Å². The highest BCUT2D eigenvalue weighted by Crippen LogP contribution is 2.32. The Morgan fingerprint density at radius 3 is 2.65 bits per heavy atom. The molecule has 0 atom stereocenters. The number of likely N-dealkylation sites (N-methyl/N-ethyl adjacent to an activating group) is 1. The highest BCUT2D eigenvalue weighted by atomic mass is 35.5. The van der Waals surface area contributed by atoms with Crippen LogP contribution in [0.2, 0.25) is 5.02 Å². The number of aromatic nitrogens is 1. The Balaban J connectivity index is 2.15. The first-order valence-corrected chi connectivity index (χ1v) is 8.72. The lowest BCUT2D eigenvalue weighted by atomic mass is 10.0. The maximum atomic E-state index is 12.2. The van der Waals surface area contributed by atoms with Crippen molar-refractivity contribution in [3.8, 4) is 17.0 Å². The van der Waals surface area contributed by atoms with E-state index in [1.165, 1.54) is 0 Å². The molecule has 0 fully saturated rings. The molecule has 2 aromatic carbocycles. The first-order chi connectivity index (χ1) is 12.4. The van der Waals surface area contributed by atoms with E-state index in [0.717, 1.165) is 33.3 Å². The third kappa shape index (κ3) is 3.51. The molecule has 3 aromatic rings. The van der Waals surface area contributed by atoms with Crippen molar-refractivity contribution in [2.45, 2.75) is 13.3 Å². The van der Waals surface area contributed by atoms with Gasteiger partial charge in [-0.25, -0.2) is 4.98 Å². The van der Waals surface area contributed by atoms with E-state index in [1.807, 2.05) is 36.4 Å². The van der Waals surface area contributed by atoms with E-state index in [9.17, 15) is 4.79 Å². The summed E-state index contributed by atoms with van der Waals surface area (Å²) in [6.45, 7) is 2.05. The molecule has 0 saturated carbocycles. The number of halogens is 1. The predicted molar refractivity (Wildman–Crippen MR) is 106 cm³/mol. The Bertz CT molecular complexity index is 983. The fourth-order valence-corrected chi connectivity index (χ4v) is 3.10. The van der Waals surface area contributed by atoms with Crippen molar-refractivity contribution in [3.63, 3.8) is 0 Å². The molecule has 1 heterocycles. The molecule has 26 heavy (non-hydrogen) atoms. The van der Waals surface area contributed by atoms with Gasteiger partial charge in [-0.3, -0.25) is 4.79 Å². The van der Waals surface area contributed by atoms with Gasteiger partial charge in [-0.05, 0) is 36.2 Å². The van der Waals surface area contributed by atoms with Gasteiger partial charge in [0.05, 0.1) is 29.8 Å². The molecule has 0 aliphatic rings. The van der Waals surface area contributed by atoms with E-state index in [-0.39, 0.29) is 5.91 Å². The Labute approximate surface area is 158 Å². The van der Waals surface area contributed by atoms with Gasteiger partial charge >= 0.3 is 0 Å². The minimum Gasteiger partial charge on any atom is -0.495 e. The second kappa shape index (κ2) is 7.34. The number of pyridine rings is 1. The van der Waals surface area contributed by atoms with Gasteiger partial charge in [0.2, 0.25) is 5.91 Å². The predicted octanol–water partition coefficient (Wildman–Crippen LogP) is 4.50. The summed E-state index contributed by atoms with van der Waals surface area (Å²) in [7, 11) is 5.12. The lowest BCUT2D eigenvalue weighted by Crippen LogP contribution is -2.23. The summed E-state index contributed by atoms with van der Waals surface area (Å²) in [4.78, 5) is 18.6. The van der Waals surface area contributed by atoms with Gasteiger partial charge in [-0.1, -0.05) is 35.9 Å². The van der Waals surface area contributed by atoms with Crippen molar-refractivity contribution in [1.82, 2.24) is 9.88 Å². The van der Waals surface area contributed by atoms with Crippen LogP contribution in [0.1, 0.15) is 11.1 Å². The summed E-state index contributed by atoms with van der Waals surface area (Å²) in [5.74, 6) is 0.662. The number of rotatable bonds is 4. The van der Waals surface area contributed by atoms with E-state index in [1.54, 1.807) is 32.2 Å². The van der Waals surface area contributed by atoms with Crippen LogP contribution in [0.5, 0.6) is 5.75 Å². The van der Waals surface area contributed by atoms with Crippen molar-refractivity contribution in [1.29, 1.82) is 0 Å². The summed E-state index contributed by atoms with van der Waals surface area (Å²) in [5.41, 5.74) is 4.64. The largest absolute Gasteiger partial charge is 0.495 e. The van der Waals surface area contributed by atoms with E-state index in [4.69, 9.17) is 21.3 Å². The van der Waals surface area contributed by atoms with Crippen molar-refractivity contribution in [2.24, 2.45) is 0 Å². The second-order valence-electron chi connectivity index (χ2n) is 6.45. The number of benzene rings is 2. The molecule has 0 aliphatic carbocycles. The zero-order valence-electron chi connectivity index (χ0n) is 15.3. The number of ether oxygens (including phenoxy) is 1. The summed E-state index contributed by atoms with van der Waals surface area (Å²) < 4.78 is 5.32. The van der Waals surface area contributed by atoms with Crippen LogP contribution in [0.15, 0.2) is 42.5 Å². The van der Waals surface area contributed by atoms with Gasteiger partial charge in [0.15, 0.2) is 0 Å². The van der Waals surface area contributed by atoms with E-state index >= 15 is 0 Å². The fourth-order valence-electron chi connectivity index (χ4n) is 2.91. The fraction of sp³-hybridized carbons (Fsp3) is 0.238. The molecule has 4 nitrogen and oxygen atoms in total. The van der Waals surface area contributed by atoms with Crippen LogP contribution in [0.3, 0.4) is 0 Å².